The first-order valence-corrected chi connectivity index (χ1v) is 9.21. The Morgan fingerprint density at radius 1 is 1.27 bits per heavy atom. The Morgan fingerprint density at radius 3 is 2.73 bits per heavy atom. The third-order valence-electron chi connectivity index (χ3n) is 4.52. The monoisotopic (exact) mass is 366 g/mol. The van der Waals surface area contributed by atoms with Gasteiger partial charge in [-0.1, -0.05) is 18.2 Å². The standard InChI is InChI=1S/C18H14N4O3S/c1-22-14-7-3-2-6-12(14)16-17(26(22,23)24)15(11-5-4-8-21-10-11)13(9-19)18(20)25-16/h2-8,10,15H,20H2,1H3. The first kappa shape index (κ1) is 16.2. The molecule has 0 saturated carbocycles. The van der Waals surface area contributed by atoms with E-state index in [1.807, 2.05) is 6.07 Å². The maximum absolute atomic E-state index is 13.3. The number of nitrogens with two attached hydrogens (primary N) is 1. The maximum atomic E-state index is 13.3. The lowest BCUT2D eigenvalue weighted by atomic mass is 9.89. The molecule has 0 spiro atoms. The number of aromatic nitrogens is 1. The Kier molecular flexibility index (Phi) is 3.49. The minimum atomic E-state index is -3.92. The van der Waals surface area contributed by atoms with Crippen molar-refractivity contribution in [1.82, 2.24) is 4.98 Å². The van der Waals surface area contributed by atoms with Crippen LogP contribution in [0.15, 0.2) is 65.2 Å². The highest BCUT2D eigenvalue weighted by Gasteiger charge is 2.46. The molecule has 0 radical (unpaired) electrons. The van der Waals surface area contributed by atoms with E-state index in [1.54, 1.807) is 42.6 Å². The van der Waals surface area contributed by atoms with Crippen molar-refractivity contribution < 1.29 is 13.2 Å². The van der Waals surface area contributed by atoms with Crippen LogP contribution in [-0.2, 0) is 14.8 Å². The van der Waals surface area contributed by atoms with Crippen LogP contribution in [0.4, 0.5) is 5.69 Å². The Labute approximate surface area is 150 Å². The van der Waals surface area contributed by atoms with Gasteiger partial charge in [0.25, 0.3) is 10.0 Å². The Bertz CT molecular complexity index is 1110. The van der Waals surface area contributed by atoms with Crippen LogP contribution in [-0.4, -0.2) is 20.4 Å². The van der Waals surface area contributed by atoms with E-state index in [-0.39, 0.29) is 22.1 Å². The highest BCUT2D eigenvalue weighted by Crippen LogP contribution is 2.50. The van der Waals surface area contributed by atoms with Crippen LogP contribution in [0.3, 0.4) is 0 Å². The second kappa shape index (κ2) is 5.61. The normalized spacial score (nSPS) is 20.8. The number of allylic oxidation sites excluding steroid dienone is 2. The second-order valence-corrected chi connectivity index (χ2v) is 7.83. The van der Waals surface area contributed by atoms with E-state index in [0.717, 1.165) is 0 Å². The van der Waals surface area contributed by atoms with Crippen molar-refractivity contribution in [3.05, 3.63) is 76.3 Å². The van der Waals surface area contributed by atoms with Crippen LogP contribution in [0.25, 0.3) is 5.76 Å². The minimum absolute atomic E-state index is 0.00236. The van der Waals surface area contributed by atoms with Gasteiger partial charge in [-0.3, -0.25) is 9.29 Å². The van der Waals surface area contributed by atoms with Crippen molar-refractivity contribution in [1.29, 1.82) is 5.26 Å². The van der Waals surface area contributed by atoms with Gasteiger partial charge in [-0.15, -0.1) is 0 Å². The van der Waals surface area contributed by atoms with E-state index >= 15 is 0 Å². The molecule has 2 N–H and O–H groups in total. The van der Waals surface area contributed by atoms with Crippen LogP contribution < -0.4 is 10.0 Å². The molecule has 0 bridgehead atoms. The van der Waals surface area contributed by atoms with Gasteiger partial charge < -0.3 is 10.5 Å². The fraction of sp³-hybridized carbons (Fsp3) is 0.111. The molecule has 26 heavy (non-hydrogen) atoms. The van der Waals surface area contributed by atoms with Crippen LogP contribution in [0.5, 0.6) is 0 Å². The first-order valence-electron chi connectivity index (χ1n) is 7.77. The van der Waals surface area contributed by atoms with Gasteiger partial charge in [-0.05, 0) is 23.8 Å². The van der Waals surface area contributed by atoms with Crippen molar-refractivity contribution in [2.45, 2.75) is 5.92 Å². The zero-order chi connectivity index (χ0) is 18.5. The average molecular weight is 366 g/mol. The molecule has 4 rings (SSSR count). The number of para-hydroxylation sites is 1. The molecule has 1 aromatic carbocycles. The van der Waals surface area contributed by atoms with Gasteiger partial charge in [0.05, 0.1) is 11.6 Å². The summed E-state index contributed by atoms with van der Waals surface area (Å²) in [6.07, 6.45) is 3.11. The summed E-state index contributed by atoms with van der Waals surface area (Å²) in [6, 6.07) is 12.4. The number of nitriles is 1. The third kappa shape index (κ3) is 2.11. The van der Waals surface area contributed by atoms with E-state index in [2.05, 4.69) is 4.98 Å². The predicted molar refractivity (Wildman–Crippen MR) is 95.6 cm³/mol. The van der Waals surface area contributed by atoms with Crippen molar-refractivity contribution in [2.75, 3.05) is 11.4 Å². The summed E-state index contributed by atoms with van der Waals surface area (Å²) in [7, 11) is -2.44. The van der Waals surface area contributed by atoms with Gasteiger partial charge in [0.15, 0.2) is 5.76 Å². The summed E-state index contributed by atoms with van der Waals surface area (Å²) < 4.78 is 33.4. The van der Waals surface area contributed by atoms with Crippen molar-refractivity contribution in [3.63, 3.8) is 0 Å². The smallest absolute Gasteiger partial charge is 0.264 e. The molecule has 2 aliphatic heterocycles. The number of rotatable bonds is 1. The topological polar surface area (TPSA) is 109 Å². The Hall–Kier alpha value is -3.31. The third-order valence-corrected chi connectivity index (χ3v) is 6.41. The SMILES string of the molecule is CN1c2ccccc2C2=C(C(c3cccnc3)C(C#N)=C(N)O2)S1(=O)=O. The number of nitrogens with zero attached hydrogens (tertiary/aromatic N) is 3. The number of pyridine rings is 1. The van der Waals surface area contributed by atoms with E-state index in [9.17, 15) is 13.7 Å². The summed E-state index contributed by atoms with van der Waals surface area (Å²) in [6.45, 7) is 0. The van der Waals surface area contributed by atoms with E-state index < -0.39 is 15.9 Å². The largest absolute Gasteiger partial charge is 0.439 e. The first-order chi connectivity index (χ1) is 12.5. The highest BCUT2D eigenvalue weighted by atomic mass is 32.2. The highest BCUT2D eigenvalue weighted by molar-refractivity contribution is 7.96. The number of sulfonamides is 1. The molecule has 1 unspecified atom stereocenters. The van der Waals surface area contributed by atoms with E-state index in [1.165, 1.54) is 17.5 Å². The van der Waals surface area contributed by atoms with Gasteiger partial charge in [-0.2, -0.15) is 5.26 Å². The van der Waals surface area contributed by atoms with Gasteiger partial charge in [0.2, 0.25) is 5.88 Å². The van der Waals surface area contributed by atoms with Gasteiger partial charge >= 0.3 is 0 Å². The molecule has 130 valence electrons. The summed E-state index contributed by atoms with van der Waals surface area (Å²) in [5.74, 6) is -0.822. The average Bonchev–Trinajstić information content (AvgIpc) is 2.66. The molecule has 1 aromatic heterocycles. The predicted octanol–water partition coefficient (Wildman–Crippen LogP) is 2.04. The van der Waals surface area contributed by atoms with E-state index in [4.69, 9.17) is 10.5 Å². The molecule has 0 saturated heterocycles. The molecular formula is C18H14N4O3S. The number of fused-ring (bicyclic) bond motifs is 2. The molecule has 8 heteroatoms. The number of anilines is 1. The van der Waals surface area contributed by atoms with Gasteiger partial charge in [-0.25, -0.2) is 8.42 Å². The number of benzene rings is 1. The molecule has 2 aromatic rings. The van der Waals surface area contributed by atoms with Crippen LogP contribution in [0.2, 0.25) is 0 Å². The summed E-state index contributed by atoms with van der Waals surface area (Å²) in [5.41, 5.74) is 7.68. The lowest BCUT2D eigenvalue weighted by Crippen LogP contribution is -2.37. The summed E-state index contributed by atoms with van der Waals surface area (Å²) >= 11 is 0. The molecule has 1 atom stereocenters. The molecule has 0 aliphatic carbocycles. The lowest BCUT2D eigenvalue weighted by Gasteiger charge is -2.36. The number of hydrogen-bond acceptors (Lipinski definition) is 6. The molecule has 0 fully saturated rings. The second-order valence-electron chi connectivity index (χ2n) is 5.89. The quantitative estimate of drug-likeness (QED) is 0.827. The zero-order valence-electron chi connectivity index (χ0n) is 13.7. The van der Waals surface area contributed by atoms with Crippen LogP contribution >= 0.6 is 0 Å². The zero-order valence-corrected chi connectivity index (χ0v) is 14.6. The fourth-order valence-electron chi connectivity index (χ4n) is 3.28. The van der Waals surface area contributed by atoms with Crippen molar-refractivity contribution in [2.24, 2.45) is 5.73 Å². The number of ether oxygens (including phenoxy) is 1. The number of hydrogen-bond donors (Lipinski definition) is 1. The molecular weight excluding hydrogens is 352 g/mol. The van der Waals surface area contributed by atoms with Crippen LogP contribution in [0.1, 0.15) is 17.0 Å². The van der Waals surface area contributed by atoms with Crippen molar-refractivity contribution >= 4 is 21.5 Å². The van der Waals surface area contributed by atoms with Gasteiger partial charge in [0.1, 0.15) is 16.5 Å². The molecule has 7 nitrogen and oxygen atoms in total. The molecule has 2 aliphatic rings. The molecule has 0 amide bonds. The molecule has 3 heterocycles. The fourth-order valence-corrected chi connectivity index (χ4v) is 4.93. The lowest BCUT2D eigenvalue weighted by molar-refractivity contribution is 0.357. The van der Waals surface area contributed by atoms with Crippen LogP contribution in [0, 0.1) is 11.3 Å². The van der Waals surface area contributed by atoms with Gasteiger partial charge in [0, 0.05) is 25.0 Å². The Morgan fingerprint density at radius 2 is 2.04 bits per heavy atom. The van der Waals surface area contributed by atoms with E-state index in [0.29, 0.717) is 16.8 Å². The Balaban J connectivity index is 2.09. The summed E-state index contributed by atoms with van der Waals surface area (Å²) in [5, 5.41) is 9.60. The summed E-state index contributed by atoms with van der Waals surface area (Å²) in [4.78, 5) is 4.06. The van der Waals surface area contributed by atoms with Crippen molar-refractivity contribution in [3.8, 4) is 6.07 Å². The minimum Gasteiger partial charge on any atom is -0.439 e. The maximum Gasteiger partial charge on any atom is 0.264 e.